The van der Waals surface area contributed by atoms with Crippen LogP contribution in [-0.2, 0) is 0 Å². The van der Waals surface area contributed by atoms with Crippen LogP contribution >= 0.6 is 11.3 Å². The fraction of sp³-hybridized carbons (Fsp3) is 0.0938. The molecule has 0 aliphatic carbocycles. The average Bonchev–Trinajstić information content (AvgIpc) is 3.37. The van der Waals surface area contributed by atoms with Crippen molar-refractivity contribution in [3.63, 3.8) is 0 Å². The normalized spacial score (nSPS) is 11.0. The van der Waals surface area contributed by atoms with Crippen molar-refractivity contribution in [3.05, 3.63) is 129 Å². The molecule has 0 unspecified atom stereocenters. The zero-order chi connectivity index (χ0) is 28.9. The monoisotopic (exact) mass is 562 g/mol. The topological polar surface area (TPSA) is 107 Å². The predicted molar refractivity (Wildman–Crippen MR) is 163 cm³/mol. The van der Waals surface area contributed by atoms with Crippen LogP contribution in [0.4, 0.5) is 10.8 Å². The van der Waals surface area contributed by atoms with E-state index in [9.17, 15) is 14.9 Å². The summed E-state index contributed by atoms with van der Waals surface area (Å²) < 4.78 is 5.48. The van der Waals surface area contributed by atoms with Crippen LogP contribution in [0.5, 0.6) is 5.75 Å². The van der Waals surface area contributed by atoms with Gasteiger partial charge < -0.3 is 4.74 Å². The van der Waals surface area contributed by atoms with Gasteiger partial charge in [-0.25, -0.2) is 9.78 Å². The first kappa shape index (κ1) is 27.4. The number of anilines is 1. The summed E-state index contributed by atoms with van der Waals surface area (Å²) in [4.78, 5) is 28.8. The first-order valence-electron chi connectivity index (χ1n) is 12.8. The lowest BCUT2D eigenvalue weighted by Gasteiger charge is -2.07. The van der Waals surface area contributed by atoms with Gasteiger partial charge in [-0.2, -0.15) is 5.10 Å². The van der Waals surface area contributed by atoms with Crippen molar-refractivity contribution in [1.29, 1.82) is 0 Å². The number of nitro benzene ring substituents is 1. The quantitative estimate of drug-likeness (QED) is 0.0676. The summed E-state index contributed by atoms with van der Waals surface area (Å²) in [6.45, 7) is 6.00. The van der Waals surface area contributed by atoms with Gasteiger partial charge in [-0.15, -0.1) is 0 Å². The van der Waals surface area contributed by atoms with E-state index in [0.29, 0.717) is 16.4 Å². The summed E-state index contributed by atoms with van der Waals surface area (Å²) >= 11 is 1.41. The van der Waals surface area contributed by atoms with Gasteiger partial charge in [0.25, 0.3) is 5.69 Å². The molecule has 5 rings (SSSR count). The van der Waals surface area contributed by atoms with Gasteiger partial charge in [0.2, 0.25) is 5.13 Å². The Balaban J connectivity index is 1.34. The van der Waals surface area contributed by atoms with E-state index in [2.05, 4.69) is 16.6 Å². The highest BCUT2D eigenvalue weighted by Crippen LogP contribution is 2.40. The van der Waals surface area contributed by atoms with Crippen molar-refractivity contribution in [3.8, 4) is 27.4 Å². The van der Waals surface area contributed by atoms with Crippen LogP contribution in [0.15, 0.2) is 96.1 Å². The standard InChI is InChI=1S/C32H26N4O4S/c1-20-5-4-6-25(18-20)31(37)40-27-14-8-23(9-15-27)19-33-35-32-34-29(28-16-7-21(2)17-22(28)3)30(41-32)24-10-12-26(13-11-24)36(38)39/h4-19H,1-3H3,(H,34,35)/b33-19-. The molecule has 0 spiro atoms. The number of carbonyl (C=O) groups excluding carboxylic acids is 1. The Bertz CT molecular complexity index is 1760. The number of hydrazone groups is 1. The molecule has 0 aliphatic heterocycles. The van der Waals surface area contributed by atoms with Crippen molar-refractivity contribution >= 4 is 34.3 Å². The van der Waals surface area contributed by atoms with Crippen LogP contribution in [0.1, 0.15) is 32.6 Å². The molecule has 8 nitrogen and oxygen atoms in total. The number of nitro groups is 1. The maximum atomic E-state index is 12.4. The van der Waals surface area contributed by atoms with E-state index in [4.69, 9.17) is 9.72 Å². The highest BCUT2D eigenvalue weighted by Gasteiger charge is 2.18. The number of rotatable bonds is 8. The minimum absolute atomic E-state index is 0.0326. The molecule has 0 bridgehead atoms. The zero-order valence-corrected chi connectivity index (χ0v) is 23.4. The van der Waals surface area contributed by atoms with Gasteiger partial charge in [0.1, 0.15) is 5.75 Å². The number of carbonyl (C=O) groups is 1. The zero-order valence-electron chi connectivity index (χ0n) is 22.6. The number of nitrogens with one attached hydrogen (secondary N) is 1. The van der Waals surface area contributed by atoms with Crippen molar-refractivity contribution in [2.24, 2.45) is 5.10 Å². The summed E-state index contributed by atoms with van der Waals surface area (Å²) in [5.41, 5.74) is 10.1. The van der Waals surface area contributed by atoms with E-state index in [-0.39, 0.29) is 5.69 Å². The Morgan fingerprint density at radius 1 is 0.951 bits per heavy atom. The largest absolute Gasteiger partial charge is 0.423 e. The van der Waals surface area contributed by atoms with Crippen molar-refractivity contribution in [2.75, 3.05) is 5.43 Å². The van der Waals surface area contributed by atoms with Gasteiger partial charge in [0, 0.05) is 17.7 Å². The van der Waals surface area contributed by atoms with Crippen LogP contribution in [0.2, 0.25) is 0 Å². The molecule has 0 radical (unpaired) electrons. The molecule has 204 valence electrons. The highest BCUT2D eigenvalue weighted by molar-refractivity contribution is 7.19. The number of ether oxygens (including phenoxy) is 1. The second-order valence-electron chi connectivity index (χ2n) is 9.52. The molecular weight excluding hydrogens is 536 g/mol. The van der Waals surface area contributed by atoms with E-state index in [0.717, 1.165) is 44.0 Å². The van der Waals surface area contributed by atoms with E-state index < -0.39 is 10.9 Å². The summed E-state index contributed by atoms with van der Waals surface area (Å²) in [5.74, 6) is 0.0244. The highest BCUT2D eigenvalue weighted by atomic mass is 32.1. The smallest absolute Gasteiger partial charge is 0.343 e. The molecule has 0 saturated carbocycles. The molecule has 4 aromatic carbocycles. The molecule has 0 saturated heterocycles. The average molecular weight is 563 g/mol. The van der Waals surface area contributed by atoms with E-state index >= 15 is 0 Å². The van der Waals surface area contributed by atoms with E-state index in [1.807, 2.05) is 45.0 Å². The van der Waals surface area contributed by atoms with Gasteiger partial charge in [0.15, 0.2) is 0 Å². The predicted octanol–water partition coefficient (Wildman–Crippen LogP) is 7.98. The van der Waals surface area contributed by atoms with Gasteiger partial charge in [-0.3, -0.25) is 15.5 Å². The maximum Gasteiger partial charge on any atom is 0.343 e. The van der Waals surface area contributed by atoms with E-state index in [1.165, 1.54) is 23.5 Å². The number of hydrogen-bond acceptors (Lipinski definition) is 8. The Kier molecular flexibility index (Phi) is 7.98. The van der Waals surface area contributed by atoms with Crippen LogP contribution < -0.4 is 10.2 Å². The summed E-state index contributed by atoms with van der Waals surface area (Å²) in [7, 11) is 0. The fourth-order valence-electron chi connectivity index (χ4n) is 4.28. The lowest BCUT2D eigenvalue weighted by molar-refractivity contribution is -0.384. The van der Waals surface area contributed by atoms with Crippen LogP contribution in [0.25, 0.3) is 21.7 Å². The number of esters is 1. The molecule has 0 atom stereocenters. The number of thiazole rings is 1. The summed E-state index contributed by atoms with van der Waals surface area (Å²) in [5, 5.41) is 16.1. The van der Waals surface area contributed by atoms with Crippen LogP contribution in [-0.4, -0.2) is 22.1 Å². The maximum absolute atomic E-state index is 12.4. The number of aromatic nitrogens is 1. The number of hydrogen-bond donors (Lipinski definition) is 1. The third kappa shape index (κ3) is 6.54. The molecule has 41 heavy (non-hydrogen) atoms. The van der Waals surface area contributed by atoms with Crippen LogP contribution in [0, 0.1) is 30.9 Å². The van der Waals surface area contributed by atoms with Gasteiger partial charge in [-0.1, -0.05) is 52.8 Å². The first-order valence-corrected chi connectivity index (χ1v) is 13.6. The lowest BCUT2D eigenvalue weighted by atomic mass is 10.0. The van der Waals surface area contributed by atoms with E-state index in [1.54, 1.807) is 54.7 Å². The second kappa shape index (κ2) is 11.9. The molecule has 5 aromatic rings. The molecule has 1 aromatic heterocycles. The molecule has 0 amide bonds. The Labute approximate surface area is 241 Å². The minimum atomic E-state index is -0.413. The molecule has 1 heterocycles. The lowest BCUT2D eigenvalue weighted by Crippen LogP contribution is -2.08. The fourth-order valence-corrected chi connectivity index (χ4v) is 5.22. The van der Waals surface area contributed by atoms with Gasteiger partial charge >= 0.3 is 5.97 Å². The number of nitrogens with zero attached hydrogens (tertiary/aromatic N) is 3. The number of benzene rings is 4. The molecular formula is C32H26N4O4S. The molecule has 0 aliphatic rings. The molecule has 9 heteroatoms. The van der Waals surface area contributed by atoms with Crippen molar-refractivity contribution in [1.82, 2.24) is 4.98 Å². The van der Waals surface area contributed by atoms with Crippen molar-refractivity contribution in [2.45, 2.75) is 20.8 Å². The van der Waals surface area contributed by atoms with Crippen molar-refractivity contribution < 1.29 is 14.5 Å². The third-order valence-corrected chi connectivity index (χ3v) is 7.33. The first-order chi connectivity index (χ1) is 19.8. The minimum Gasteiger partial charge on any atom is -0.423 e. The summed E-state index contributed by atoms with van der Waals surface area (Å²) in [6.07, 6.45) is 1.65. The third-order valence-electron chi connectivity index (χ3n) is 6.32. The molecule has 0 fully saturated rings. The number of aryl methyl sites for hydroxylation is 3. The Morgan fingerprint density at radius 3 is 2.37 bits per heavy atom. The Hall–Kier alpha value is -5.15. The molecule has 1 N–H and O–H groups in total. The SMILES string of the molecule is Cc1cccc(C(=O)Oc2ccc(/C=N\Nc3nc(-c4ccc(C)cc4C)c(-c4ccc([N+](=O)[O-])cc4)s3)cc2)c1. The summed E-state index contributed by atoms with van der Waals surface area (Å²) in [6, 6.07) is 26.9. The van der Waals surface area contributed by atoms with Crippen LogP contribution in [0.3, 0.4) is 0 Å². The Morgan fingerprint density at radius 2 is 1.68 bits per heavy atom. The van der Waals surface area contributed by atoms with Gasteiger partial charge in [-0.05, 0) is 86.0 Å². The second-order valence-corrected chi connectivity index (χ2v) is 10.5. The number of non-ortho nitro benzene ring substituents is 1. The van der Waals surface area contributed by atoms with Gasteiger partial charge in [0.05, 0.1) is 27.3 Å².